The molecule has 30 heavy (non-hydrogen) atoms. The standard InChI is InChI=1S/C22H25ClFNO5/c1-14(6-5-9-29-11-10-28-2)30-20-13-19(18(24)12-17(20)23)25-21(26)15-7-3-4-8-16(15)22(25)27/h12-16H,3-4,7-11H2,1-2H3. The number of carbonyl (C=O) groups excluding carboxylic acids is 2. The third kappa shape index (κ3) is 4.94. The fourth-order valence-electron chi connectivity index (χ4n) is 3.85. The van der Waals surface area contributed by atoms with Gasteiger partial charge in [0.25, 0.3) is 0 Å². The van der Waals surface area contributed by atoms with Gasteiger partial charge in [0.15, 0.2) is 6.10 Å². The molecule has 2 amide bonds. The Kier molecular flexibility index (Phi) is 7.70. The van der Waals surface area contributed by atoms with Crippen LogP contribution in [0, 0.1) is 29.5 Å². The van der Waals surface area contributed by atoms with Gasteiger partial charge in [0.05, 0.1) is 35.8 Å². The SMILES string of the molecule is COCCOCC#CC(C)Oc1cc(N2C(=O)C3CCCCC3C2=O)c(F)cc1Cl. The van der Waals surface area contributed by atoms with E-state index >= 15 is 0 Å². The van der Waals surface area contributed by atoms with Gasteiger partial charge in [-0.05, 0) is 25.8 Å². The minimum absolute atomic E-state index is 0.0396. The van der Waals surface area contributed by atoms with Crippen LogP contribution >= 0.6 is 11.6 Å². The van der Waals surface area contributed by atoms with Crippen molar-refractivity contribution in [1.29, 1.82) is 0 Å². The molecule has 3 atom stereocenters. The summed E-state index contributed by atoms with van der Waals surface area (Å²) >= 11 is 6.13. The molecule has 1 aliphatic carbocycles. The van der Waals surface area contributed by atoms with E-state index in [9.17, 15) is 14.0 Å². The molecule has 8 heteroatoms. The molecule has 0 bridgehead atoms. The normalized spacial score (nSPS) is 21.8. The number of hydrogen-bond acceptors (Lipinski definition) is 5. The maximum absolute atomic E-state index is 14.7. The Morgan fingerprint density at radius 1 is 1.20 bits per heavy atom. The third-order valence-corrected chi connectivity index (χ3v) is 5.59. The number of carbonyl (C=O) groups is 2. The molecule has 162 valence electrons. The molecule has 0 N–H and O–H groups in total. The molecule has 3 unspecified atom stereocenters. The number of methoxy groups -OCH3 is 1. The highest BCUT2D eigenvalue weighted by Gasteiger charge is 2.49. The fourth-order valence-corrected chi connectivity index (χ4v) is 4.05. The van der Waals surface area contributed by atoms with Crippen molar-refractivity contribution < 1.29 is 28.2 Å². The number of amides is 2. The van der Waals surface area contributed by atoms with Crippen LogP contribution < -0.4 is 9.64 Å². The zero-order valence-electron chi connectivity index (χ0n) is 17.1. The average molecular weight is 438 g/mol. The summed E-state index contributed by atoms with van der Waals surface area (Å²) in [6, 6.07) is 2.36. The van der Waals surface area contributed by atoms with Crippen molar-refractivity contribution in [2.75, 3.05) is 31.8 Å². The lowest BCUT2D eigenvalue weighted by Crippen LogP contribution is -2.31. The van der Waals surface area contributed by atoms with Gasteiger partial charge in [-0.2, -0.15) is 0 Å². The number of benzene rings is 1. The average Bonchev–Trinajstić information content (AvgIpc) is 2.97. The molecule has 1 aromatic carbocycles. The largest absolute Gasteiger partial charge is 0.476 e. The van der Waals surface area contributed by atoms with Gasteiger partial charge in [-0.3, -0.25) is 9.59 Å². The van der Waals surface area contributed by atoms with Crippen LogP contribution in [-0.2, 0) is 19.1 Å². The number of rotatable bonds is 7. The van der Waals surface area contributed by atoms with Crippen molar-refractivity contribution in [3.05, 3.63) is 23.0 Å². The van der Waals surface area contributed by atoms with Crippen molar-refractivity contribution in [2.24, 2.45) is 11.8 Å². The lowest BCUT2D eigenvalue weighted by molar-refractivity contribution is -0.122. The van der Waals surface area contributed by atoms with E-state index < -0.39 is 11.9 Å². The Morgan fingerprint density at radius 3 is 2.50 bits per heavy atom. The van der Waals surface area contributed by atoms with Gasteiger partial charge in [-0.1, -0.05) is 36.3 Å². The van der Waals surface area contributed by atoms with Gasteiger partial charge in [-0.25, -0.2) is 9.29 Å². The molecule has 0 aromatic heterocycles. The van der Waals surface area contributed by atoms with E-state index in [-0.39, 0.29) is 46.7 Å². The first-order valence-electron chi connectivity index (χ1n) is 10.0. The molecule has 1 aliphatic heterocycles. The van der Waals surface area contributed by atoms with Gasteiger partial charge in [0, 0.05) is 13.2 Å². The highest BCUT2D eigenvalue weighted by Crippen LogP contribution is 2.42. The summed E-state index contributed by atoms with van der Waals surface area (Å²) in [7, 11) is 1.59. The summed E-state index contributed by atoms with van der Waals surface area (Å²) in [6.45, 7) is 2.85. The van der Waals surface area contributed by atoms with Gasteiger partial charge in [-0.15, -0.1) is 0 Å². The molecule has 2 aliphatic rings. The topological polar surface area (TPSA) is 65.1 Å². The minimum atomic E-state index is -0.738. The summed E-state index contributed by atoms with van der Waals surface area (Å²) in [5.41, 5.74) is -0.123. The Morgan fingerprint density at radius 2 is 1.87 bits per heavy atom. The van der Waals surface area contributed by atoms with Crippen molar-refractivity contribution in [3.8, 4) is 17.6 Å². The van der Waals surface area contributed by atoms with Crippen molar-refractivity contribution in [3.63, 3.8) is 0 Å². The molecule has 1 aromatic rings. The Hall–Kier alpha value is -2.14. The zero-order chi connectivity index (χ0) is 21.7. The number of anilines is 1. The van der Waals surface area contributed by atoms with E-state index in [1.165, 1.54) is 6.07 Å². The quantitative estimate of drug-likeness (QED) is 0.370. The molecular formula is C22H25ClFNO5. The van der Waals surface area contributed by atoms with Crippen LogP contribution in [-0.4, -0.2) is 44.8 Å². The first-order valence-corrected chi connectivity index (χ1v) is 10.4. The van der Waals surface area contributed by atoms with Crippen LogP contribution in [0.15, 0.2) is 12.1 Å². The van der Waals surface area contributed by atoms with Crippen LogP contribution in [0.5, 0.6) is 5.75 Å². The lowest BCUT2D eigenvalue weighted by atomic mass is 9.81. The third-order valence-electron chi connectivity index (χ3n) is 5.30. The van der Waals surface area contributed by atoms with Crippen LogP contribution in [0.3, 0.4) is 0 Å². The van der Waals surface area contributed by atoms with E-state index in [0.717, 1.165) is 23.8 Å². The highest BCUT2D eigenvalue weighted by molar-refractivity contribution is 6.32. The van der Waals surface area contributed by atoms with E-state index in [1.807, 2.05) is 0 Å². The van der Waals surface area contributed by atoms with Crippen LogP contribution in [0.1, 0.15) is 32.6 Å². The molecule has 1 heterocycles. The molecule has 1 saturated carbocycles. The second-order valence-electron chi connectivity index (χ2n) is 7.37. The first kappa shape index (κ1) is 22.5. The van der Waals surface area contributed by atoms with Crippen LogP contribution in [0.25, 0.3) is 0 Å². The van der Waals surface area contributed by atoms with Crippen LogP contribution in [0.4, 0.5) is 10.1 Å². The Balaban J connectivity index is 1.74. The van der Waals surface area contributed by atoms with Gasteiger partial charge >= 0.3 is 0 Å². The van der Waals surface area contributed by atoms with Gasteiger partial charge < -0.3 is 14.2 Å². The van der Waals surface area contributed by atoms with E-state index in [2.05, 4.69) is 11.8 Å². The Bertz CT molecular complexity index is 841. The Labute approximate surface area is 180 Å². The lowest BCUT2D eigenvalue weighted by Gasteiger charge is -2.19. The zero-order valence-corrected chi connectivity index (χ0v) is 17.8. The molecule has 0 radical (unpaired) electrons. The molecule has 0 spiro atoms. The smallest absolute Gasteiger partial charge is 0.237 e. The van der Waals surface area contributed by atoms with E-state index in [0.29, 0.717) is 26.1 Å². The highest BCUT2D eigenvalue weighted by atomic mass is 35.5. The predicted octanol–water partition coefficient (Wildman–Crippen LogP) is 3.59. The number of nitrogens with zero attached hydrogens (tertiary/aromatic N) is 1. The van der Waals surface area contributed by atoms with Crippen molar-refractivity contribution >= 4 is 29.1 Å². The van der Waals surface area contributed by atoms with Crippen LogP contribution in [0.2, 0.25) is 5.02 Å². The second-order valence-corrected chi connectivity index (χ2v) is 7.78. The molecule has 1 saturated heterocycles. The summed E-state index contributed by atoms with van der Waals surface area (Å²) in [5, 5.41) is 0.0396. The summed E-state index contributed by atoms with van der Waals surface area (Å²) in [6.07, 6.45) is 2.56. The van der Waals surface area contributed by atoms with Crippen molar-refractivity contribution in [1.82, 2.24) is 0 Å². The predicted molar refractivity (Wildman–Crippen MR) is 110 cm³/mol. The monoisotopic (exact) mass is 437 g/mol. The second kappa shape index (κ2) is 10.3. The summed E-state index contributed by atoms with van der Waals surface area (Å²) in [4.78, 5) is 26.5. The van der Waals surface area contributed by atoms with Crippen molar-refractivity contribution in [2.45, 2.75) is 38.7 Å². The first-order chi connectivity index (χ1) is 14.4. The van der Waals surface area contributed by atoms with Gasteiger partial charge in [0.2, 0.25) is 11.8 Å². The van der Waals surface area contributed by atoms with E-state index in [1.54, 1.807) is 14.0 Å². The molecule has 6 nitrogen and oxygen atoms in total. The number of imide groups is 1. The minimum Gasteiger partial charge on any atom is -0.476 e. The molecule has 3 rings (SSSR count). The number of ether oxygens (including phenoxy) is 3. The maximum atomic E-state index is 14.7. The molecule has 2 fully saturated rings. The number of hydrogen-bond donors (Lipinski definition) is 0. The maximum Gasteiger partial charge on any atom is 0.237 e. The molecular weight excluding hydrogens is 413 g/mol. The fraction of sp³-hybridized carbons (Fsp3) is 0.545. The number of fused-ring (bicyclic) bond motifs is 1. The summed E-state index contributed by atoms with van der Waals surface area (Å²) < 4.78 is 30.5. The van der Waals surface area contributed by atoms with E-state index in [4.69, 9.17) is 25.8 Å². The summed E-state index contributed by atoms with van der Waals surface area (Å²) in [5.74, 6) is 3.67. The number of halogens is 2. The van der Waals surface area contributed by atoms with Gasteiger partial charge in [0.1, 0.15) is 18.2 Å².